The molecule has 2 rings (SSSR count). The third-order valence-corrected chi connectivity index (χ3v) is 3.36. The van der Waals surface area contributed by atoms with Crippen molar-refractivity contribution < 1.29 is 0 Å². The molecule has 0 aromatic carbocycles. The van der Waals surface area contributed by atoms with Crippen LogP contribution in [0.1, 0.15) is 45.4 Å². The lowest BCUT2D eigenvalue weighted by atomic mass is 9.69. The number of hydrogen-bond donors (Lipinski definition) is 0. The van der Waals surface area contributed by atoms with Crippen LogP contribution in [0.4, 0.5) is 0 Å². The smallest absolute Gasteiger partial charge is 0.0409 e. The molecule has 0 saturated heterocycles. The number of rotatable bonds is 0. The lowest BCUT2D eigenvalue weighted by Crippen LogP contribution is -2.25. The van der Waals surface area contributed by atoms with Crippen LogP contribution >= 0.6 is 0 Å². The van der Waals surface area contributed by atoms with Gasteiger partial charge in [0.05, 0.1) is 0 Å². The molecule has 0 spiro atoms. The zero-order valence-electron chi connectivity index (χ0n) is 6.97. The van der Waals surface area contributed by atoms with Gasteiger partial charge in [-0.05, 0) is 37.0 Å². The summed E-state index contributed by atoms with van der Waals surface area (Å²) < 4.78 is 0. The van der Waals surface area contributed by atoms with E-state index >= 15 is 0 Å². The predicted molar refractivity (Wildman–Crippen MR) is 43.8 cm³/mol. The van der Waals surface area contributed by atoms with Crippen LogP contribution < -0.4 is 0 Å². The van der Waals surface area contributed by atoms with Gasteiger partial charge in [-0.25, -0.2) is 0 Å². The summed E-state index contributed by atoms with van der Waals surface area (Å²) in [4.78, 5) is 0. The Bertz CT molecular complexity index is 101. The van der Waals surface area contributed by atoms with Crippen LogP contribution in [-0.4, -0.2) is 0 Å². The predicted octanol–water partition coefficient (Wildman–Crippen LogP) is 3.22. The van der Waals surface area contributed by atoms with E-state index in [1.807, 2.05) is 0 Å². The van der Waals surface area contributed by atoms with E-state index in [0.29, 0.717) is 0 Å². The Morgan fingerprint density at radius 1 is 0.900 bits per heavy atom. The molecule has 0 radical (unpaired) electrons. The summed E-state index contributed by atoms with van der Waals surface area (Å²) in [7, 11) is 0. The van der Waals surface area contributed by atoms with E-state index in [0.717, 1.165) is 17.8 Å². The Hall–Kier alpha value is 0. The first-order valence-corrected chi connectivity index (χ1v) is 4.84. The highest BCUT2D eigenvalue weighted by Gasteiger charge is 2.29. The van der Waals surface area contributed by atoms with Gasteiger partial charge in [-0.3, -0.25) is 0 Å². The largest absolute Gasteiger partial charge is 0.0625 e. The maximum Gasteiger partial charge on any atom is -0.0409 e. The quantitative estimate of drug-likeness (QED) is 0.482. The van der Waals surface area contributed by atoms with Crippen molar-refractivity contribution in [2.24, 2.45) is 17.8 Å². The first kappa shape index (κ1) is 6.69. The van der Waals surface area contributed by atoms with Crippen molar-refractivity contribution in [3.63, 3.8) is 0 Å². The van der Waals surface area contributed by atoms with Gasteiger partial charge in [-0.1, -0.05) is 26.2 Å². The minimum atomic E-state index is 1.05. The van der Waals surface area contributed by atoms with Gasteiger partial charge in [0.2, 0.25) is 0 Å². The zero-order chi connectivity index (χ0) is 6.97. The third kappa shape index (κ3) is 1.21. The number of hydrogen-bond acceptors (Lipinski definition) is 0. The molecule has 2 fully saturated rings. The molecular weight excluding hydrogens is 120 g/mol. The van der Waals surface area contributed by atoms with E-state index < -0.39 is 0 Å². The van der Waals surface area contributed by atoms with E-state index in [9.17, 15) is 0 Å². The van der Waals surface area contributed by atoms with Gasteiger partial charge in [0.1, 0.15) is 0 Å². The molecule has 2 saturated carbocycles. The van der Waals surface area contributed by atoms with Gasteiger partial charge < -0.3 is 0 Å². The monoisotopic (exact) mass is 138 g/mol. The van der Waals surface area contributed by atoms with Crippen LogP contribution in [0, 0.1) is 17.8 Å². The van der Waals surface area contributed by atoms with E-state index in [1.165, 1.54) is 19.3 Å². The second kappa shape index (κ2) is 2.56. The first-order chi connectivity index (χ1) is 4.84. The van der Waals surface area contributed by atoms with Crippen LogP contribution in [0.2, 0.25) is 0 Å². The Balaban J connectivity index is 1.98. The molecule has 0 heterocycles. The molecule has 2 aliphatic carbocycles. The highest BCUT2D eigenvalue weighted by Crippen LogP contribution is 2.41. The SMILES string of the molecule is CC1C[C@H]2CCC[C@@H](C1)C2. The molecule has 0 aromatic heterocycles. The summed E-state index contributed by atoms with van der Waals surface area (Å²) >= 11 is 0. The fraction of sp³-hybridized carbons (Fsp3) is 1.00. The van der Waals surface area contributed by atoms with Gasteiger partial charge in [-0.15, -0.1) is 0 Å². The lowest BCUT2D eigenvalue weighted by molar-refractivity contribution is 0.146. The molecule has 10 heavy (non-hydrogen) atoms. The maximum atomic E-state index is 2.44. The summed E-state index contributed by atoms with van der Waals surface area (Å²) in [6, 6.07) is 0. The van der Waals surface area contributed by atoms with Crippen molar-refractivity contribution in [2.75, 3.05) is 0 Å². The Morgan fingerprint density at radius 3 is 2.10 bits per heavy atom. The molecule has 3 atom stereocenters. The molecule has 0 aromatic rings. The van der Waals surface area contributed by atoms with Crippen molar-refractivity contribution in [3.8, 4) is 0 Å². The van der Waals surface area contributed by atoms with E-state index in [1.54, 1.807) is 19.3 Å². The zero-order valence-corrected chi connectivity index (χ0v) is 6.97. The minimum absolute atomic E-state index is 1.05. The van der Waals surface area contributed by atoms with Gasteiger partial charge >= 0.3 is 0 Å². The standard InChI is InChI=1S/C10H18/c1-8-5-9-3-2-4-10(6-8)7-9/h8-10H,2-7H2,1H3/t8?,9-,10+. The maximum absolute atomic E-state index is 2.44. The second-order valence-corrected chi connectivity index (χ2v) is 4.48. The van der Waals surface area contributed by atoms with Crippen LogP contribution in [0.25, 0.3) is 0 Å². The van der Waals surface area contributed by atoms with Crippen molar-refractivity contribution in [2.45, 2.75) is 45.4 Å². The first-order valence-electron chi connectivity index (χ1n) is 4.84. The van der Waals surface area contributed by atoms with Crippen molar-refractivity contribution in [1.29, 1.82) is 0 Å². The summed E-state index contributed by atoms with van der Waals surface area (Å²) in [6.07, 6.45) is 9.26. The fourth-order valence-corrected chi connectivity index (χ4v) is 3.06. The van der Waals surface area contributed by atoms with Crippen LogP contribution in [0.5, 0.6) is 0 Å². The molecule has 1 unspecified atom stereocenters. The fourth-order valence-electron chi connectivity index (χ4n) is 3.06. The molecule has 2 aliphatic rings. The normalized spacial score (nSPS) is 47.1. The number of fused-ring (bicyclic) bond motifs is 2. The van der Waals surface area contributed by atoms with E-state index in [2.05, 4.69) is 6.92 Å². The second-order valence-electron chi connectivity index (χ2n) is 4.48. The Labute approximate surface area is 64.0 Å². The minimum Gasteiger partial charge on any atom is -0.0625 e. The van der Waals surface area contributed by atoms with E-state index in [-0.39, 0.29) is 0 Å². The summed E-state index contributed by atoms with van der Waals surface area (Å²) in [6.45, 7) is 2.44. The Kier molecular flexibility index (Phi) is 1.71. The molecule has 0 heteroatoms. The van der Waals surface area contributed by atoms with Crippen LogP contribution in [0.3, 0.4) is 0 Å². The lowest BCUT2D eigenvalue weighted by Gasteiger charge is -2.37. The van der Waals surface area contributed by atoms with Crippen molar-refractivity contribution in [3.05, 3.63) is 0 Å². The average molecular weight is 138 g/mol. The van der Waals surface area contributed by atoms with Crippen molar-refractivity contribution in [1.82, 2.24) is 0 Å². The molecule has 2 bridgehead atoms. The average Bonchev–Trinajstić information content (AvgIpc) is 1.85. The molecular formula is C10H18. The molecule has 0 aliphatic heterocycles. The highest BCUT2D eigenvalue weighted by molar-refractivity contribution is 4.81. The van der Waals surface area contributed by atoms with Gasteiger partial charge in [0.25, 0.3) is 0 Å². The van der Waals surface area contributed by atoms with E-state index in [4.69, 9.17) is 0 Å². The molecule has 0 N–H and O–H groups in total. The highest BCUT2D eigenvalue weighted by atomic mass is 14.3. The van der Waals surface area contributed by atoms with Gasteiger partial charge in [0.15, 0.2) is 0 Å². The summed E-state index contributed by atoms with van der Waals surface area (Å²) in [5.41, 5.74) is 0. The summed E-state index contributed by atoms with van der Waals surface area (Å²) in [5.74, 6) is 3.30. The Morgan fingerprint density at radius 2 is 1.50 bits per heavy atom. The van der Waals surface area contributed by atoms with Gasteiger partial charge in [0, 0.05) is 0 Å². The third-order valence-electron chi connectivity index (χ3n) is 3.36. The van der Waals surface area contributed by atoms with Crippen molar-refractivity contribution >= 4 is 0 Å². The van der Waals surface area contributed by atoms with Crippen LogP contribution in [-0.2, 0) is 0 Å². The molecule has 0 nitrogen and oxygen atoms in total. The summed E-state index contributed by atoms with van der Waals surface area (Å²) in [5, 5.41) is 0. The van der Waals surface area contributed by atoms with Crippen LogP contribution in [0.15, 0.2) is 0 Å². The van der Waals surface area contributed by atoms with Gasteiger partial charge in [-0.2, -0.15) is 0 Å². The molecule has 58 valence electrons. The molecule has 0 amide bonds. The topological polar surface area (TPSA) is 0 Å².